The molecule has 0 amide bonds. The van der Waals surface area contributed by atoms with Gasteiger partial charge in [-0.15, -0.1) is 0 Å². The number of benzene rings is 1. The molecule has 1 aliphatic rings. The quantitative estimate of drug-likeness (QED) is 0.658. The zero-order valence-electron chi connectivity index (χ0n) is 10.5. The number of nitrogens with zero attached hydrogens (tertiary/aromatic N) is 1. The first-order valence-corrected chi connectivity index (χ1v) is 6.37. The number of rotatable bonds is 4. The summed E-state index contributed by atoms with van der Waals surface area (Å²) < 4.78 is 10.5. The van der Waals surface area contributed by atoms with Gasteiger partial charge in [-0.3, -0.25) is 4.90 Å². The summed E-state index contributed by atoms with van der Waals surface area (Å²) in [5.41, 5.74) is 0.418. The summed E-state index contributed by atoms with van der Waals surface area (Å²) in [6.45, 7) is 4.40. The molecule has 0 radical (unpaired) electrons. The van der Waals surface area contributed by atoms with Crippen molar-refractivity contribution in [3.8, 4) is 0 Å². The van der Waals surface area contributed by atoms with Gasteiger partial charge in [-0.2, -0.15) is 0 Å². The van der Waals surface area contributed by atoms with Crippen LogP contribution < -0.4 is 12.4 Å². The fraction of sp³-hybridized carbons (Fsp3) is 0.462. The molecule has 1 fully saturated rings. The van der Waals surface area contributed by atoms with Gasteiger partial charge in [-0.05, 0) is 12.1 Å². The number of ether oxygens (including phenoxy) is 2. The van der Waals surface area contributed by atoms with Crippen LogP contribution in [0, 0.1) is 0 Å². The van der Waals surface area contributed by atoms with E-state index in [0.29, 0.717) is 17.2 Å². The van der Waals surface area contributed by atoms with Crippen molar-refractivity contribution in [2.24, 2.45) is 0 Å². The van der Waals surface area contributed by atoms with Crippen molar-refractivity contribution >= 4 is 17.6 Å². The summed E-state index contributed by atoms with van der Waals surface area (Å²) in [4.78, 5) is 14.0. The molecule has 0 bridgehead atoms. The molecule has 0 aromatic heterocycles. The van der Waals surface area contributed by atoms with E-state index in [1.165, 1.54) is 0 Å². The number of hydrogen-bond donors (Lipinski definition) is 0. The van der Waals surface area contributed by atoms with E-state index in [0.717, 1.165) is 32.8 Å². The largest absolute Gasteiger partial charge is 1.00 e. The number of carbonyl (C=O) groups is 1. The Morgan fingerprint density at radius 1 is 1.32 bits per heavy atom. The standard InChI is InChI=1S/C13H16ClNO3.ClH/c14-12-4-2-1-3-11(12)13(16)18-10-7-15-5-8-17-9-6-15;/h1-4H,5-10H2;1H/p-1. The van der Waals surface area contributed by atoms with Crippen LogP contribution in [0.2, 0.25) is 5.02 Å². The van der Waals surface area contributed by atoms with Crippen LogP contribution in [0.3, 0.4) is 0 Å². The van der Waals surface area contributed by atoms with Crippen molar-refractivity contribution in [2.45, 2.75) is 0 Å². The van der Waals surface area contributed by atoms with Gasteiger partial charge in [0.25, 0.3) is 0 Å². The number of esters is 1. The van der Waals surface area contributed by atoms with E-state index in [9.17, 15) is 4.79 Å². The third-order valence-corrected chi connectivity index (χ3v) is 3.17. The lowest BCUT2D eigenvalue weighted by Crippen LogP contribution is -3.00. The highest BCUT2D eigenvalue weighted by Crippen LogP contribution is 2.15. The van der Waals surface area contributed by atoms with E-state index < -0.39 is 0 Å². The van der Waals surface area contributed by atoms with Crippen LogP contribution in [0.4, 0.5) is 0 Å². The SMILES string of the molecule is O=C(OCCN1CCOCC1)c1ccccc1Cl.[Cl-]. The van der Waals surface area contributed by atoms with Gasteiger partial charge < -0.3 is 21.9 Å². The molecule has 1 saturated heterocycles. The average molecular weight is 305 g/mol. The fourth-order valence-corrected chi connectivity index (χ4v) is 2.01. The van der Waals surface area contributed by atoms with Gasteiger partial charge in [-0.25, -0.2) is 4.79 Å². The van der Waals surface area contributed by atoms with Gasteiger partial charge in [0.05, 0.1) is 23.8 Å². The topological polar surface area (TPSA) is 38.8 Å². The number of hydrogen-bond acceptors (Lipinski definition) is 4. The second-order valence-electron chi connectivity index (χ2n) is 4.07. The molecule has 106 valence electrons. The second kappa shape index (κ2) is 8.38. The fourth-order valence-electron chi connectivity index (χ4n) is 1.80. The molecular weight excluding hydrogens is 289 g/mol. The first-order chi connectivity index (χ1) is 8.77. The Labute approximate surface area is 124 Å². The summed E-state index contributed by atoms with van der Waals surface area (Å²) in [7, 11) is 0. The molecule has 1 heterocycles. The van der Waals surface area contributed by atoms with Gasteiger partial charge in [0.2, 0.25) is 0 Å². The molecule has 0 saturated carbocycles. The Morgan fingerprint density at radius 2 is 2.00 bits per heavy atom. The maximum Gasteiger partial charge on any atom is 0.339 e. The molecule has 0 atom stereocenters. The van der Waals surface area contributed by atoms with E-state index >= 15 is 0 Å². The Morgan fingerprint density at radius 3 is 2.68 bits per heavy atom. The Hall–Kier alpha value is -0.810. The lowest BCUT2D eigenvalue weighted by molar-refractivity contribution is -0.0000367. The molecule has 1 aliphatic heterocycles. The van der Waals surface area contributed by atoms with Gasteiger partial charge in [-0.1, -0.05) is 23.7 Å². The minimum Gasteiger partial charge on any atom is -1.00 e. The molecule has 1 aromatic rings. The molecule has 4 nitrogen and oxygen atoms in total. The third kappa shape index (κ3) is 4.99. The van der Waals surface area contributed by atoms with Crippen LogP contribution in [0.1, 0.15) is 10.4 Å². The van der Waals surface area contributed by atoms with Gasteiger partial charge in [0.15, 0.2) is 0 Å². The van der Waals surface area contributed by atoms with Gasteiger partial charge in [0.1, 0.15) is 6.61 Å². The lowest BCUT2D eigenvalue weighted by atomic mass is 10.2. The monoisotopic (exact) mass is 304 g/mol. The number of halogens is 2. The van der Waals surface area contributed by atoms with Crippen molar-refractivity contribution in [3.63, 3.8) is 0 Å². The van der Waals surface area contributed by atoms with Crippen LogP contribution in [0.15, 0.2) is 24.3 Å². The molecular formula is C13H16Cl2NO3-. The highest BCUT2D eigenvalue weighted by Gasteiger charge is 2.13. The van der Waals surface area contributed by atoms with Crippen LogP contribution in [-0.4, -0.2) is 50.3 Å². The molecule has 0 N–H and O–H groups in total. The highest BCUT2D eigenvalue weighted by molar-refractivity contribution is 6.33. The summed E-state index contributed by atoms with van der Waals surface area (Å²) in [5, 5.41) is 0.425. The zero-order valence-corrected chi connectivity index (χ0v) is 12.0. The van der Waals surface area contributed by atoms with Crippen molar-refractivity contribution in [2.75, 3.05) is 39.5 Å². The molecule has 0 aliphatic carbocycles. The number of morpholine rings is 1. The van der Waals surface area contributed by atoms with Crippen LogP contribution in [-0.2, 0) is 9.47 Å². The van der Waals surface area contributed by atoms with Crippen molar-refractivity contribution in [1.82, 2.24) is 4.90 Å². The lowest BCUT2D eigenvalue weighted by Gasteiger charge is -2.26. The molecule has 19 heavy (non-hydrogen) atoms. The maximum atomic E-state index is 11.8. The molecule has 1 aromatic carbocycles. The second-order valence-corrected chi connectivity index (χ2v) is 4.48. The number of carbonyl (C=O) groups excluding carboxylic acids is 1. The first-order valence-electron chi connectivity index (χ1n) is 5.99. The summed E-state index contributed by atoms with van der Waals surface area (Å²) in [6.07, 6.45) is 0. The minimum absolute atomic E-state index is 0. The summed E-state index contributed by atoms with van der Waals surface area (Å²) in [5.74, 6) is -0.367. The van der Waals surface area contributed by atoms with Crippen molar-refractivity contribution < 1.29 is 26.7 Å². The van der Waals surface area contributed by atoms with E-state index in [1.807, 2.05) is 0 Å². The minimum atomic E-state index is -0.367. The summed E-state index contributed by atoms with van der Waals surface area (Å²) in [6, 6.07) is 6.90. The Kier molecular flexibility index (Phi) is 7.16. The van der Waals surface area contributed by atoms with Gasteiger partial charge >= 0.3 is 5.97 Å². The predicted octanol–water partition coefficient (Wildman–Crippen LogP) is -1.17. The zero-order chi connectivity index (χ0) is 12.8. The van der Waals surface area contributed by atoms with Crippen LogP contribution in [0.25, 0.3) is 0 Å². The van der Waals surface area contributed by atoms with Crippen LogP contribution >= 0.6 is 11.6 Å². The predicted molar refractivity (Wildman–Crippen MR) is 69.0 cm³/mol. The Bertz CT molecular complexity index is 409. The average Bonchev–Trinajstić information content (AvgIpc) is 2.40. The van der Waals surface area contributed by atoms with E-state index in [1.54, 1.807) is 24.3 Å². The summed E-state index contributed by atoms with van der Waals surface area (Å²) >= 11 is 5.92. The van der Waals surface area contributed by atoms with E-state index in [2.05, 4.69) is 4.90 Å². The third-order valence-electron chi connectivity index (χ3n) is 2.84. The Balaban J connectivity index is 0.00000180. The normalized spacial score (nSPS) is 15.6. The molecule has 0 unspecified atom stereocenters. The maximum absolute atomic E-state index is 11.8. The molecule has 2 rings (SSSR count). The molecule has 0 spiro atoms. The van der Waals surface area contributed by atoms with Crippen molar-refractivity contribution in [1.29, 1.82) is 0 Å². The van der Waals surface area contributed by atoms with Crippen molar-refractivity contribution in [3.05, 3.63) is 34.9 Å². The van der Waals surface area contributed by atoms with E-state index in [-0.39, 0.29) is 18.4 Å². The smallest absolute Gasteiger partial charge is 0.339 e. The first kappa shape index (κ1) is 16.2. The van der Waals surface area contributed by atoms with E-state index in [4.69, 9.17) is 21.1 Å². The molecule has 6 heteroatoms. The highest BCUT2D eigenvalue weighted by atomic mass is 35.5. The van der Waals surface area contributed by atoms with Gasteiger partial charge in [0, 0.05) is 19.6 Å². The van der Waals surface area contributed by atoms with Crippen LogP contribution in [0.5, 0.6) is 0 Å².